The molecule has 0 saturated carbocycles. The molecule has 0 radical (unpaired) electrons. The van der Waals surface area contributed by atoms with E-state index in [1.54, 1.807) is 24.0 Å². The summed E-state index contributed by atoms with van der Waals surface area (Å²) in [6.07, 6.45) is 4.93. The van der Waals surface area contributed by atoms with Crippen molar-refractivity contribution >= 4 is 17.6 Å². The van der Waals surface area contributed by atoms with Crippen LogP contribution in [-0.2, 0) is 6.54 Å². The van der Waals surface area contributed by atoms with E-state index in [1.807, 2.05) is 13.2 Å². The number of aromatic nitrogens is 3. The fraction of sp³-hybridized carbons (Fsp3) is 0.500. The molecule has 1 fully saturated rings. The predicted octanol–water partition coefficient (Wildman–Crippen LogP) is 3.06. The highest BCUT2D eigenvalue weighted by atomic mass is 32.2. The number of piperazine rings is 1. The molecule has 0 aromatic carbocycles. The molecule has 2 aromatic heterocycles. The second kappa shape index (κ2) is 7.66. The molecule has 7 heteroatoms. The van der Waals surface area contributed by atoms with Crippen LogP contribution in [0.1, 0.15) is 23.7 Å². The number of nitrogens with zero attached hydrogens (tertiary/aromatic N) is 5. The minimum Gasteiger partial charge on any atom is -0.353 e. The minimum atomic E-state index is -0.232. The monoisotopic (exact) mass is 361 g/mol. The third-order valence-electron chi connectivity index (χ3n) is 4.82. The Morgan fingerprint density at radius 1 is 1.28 bits per heavy atom. The summed E-state index contributed by atoms with van der Waals surface area (Å²) in [6, 6.07) is 2.07. The van der Waals surface area contributed by atoms with Gasteiger partial charge in [-0.2, -0.15) is 0 Å². The Kier molecular flexibility index (Phi) is 5.54. The minimum absolute atomic E-state index is 0.232. The van der Waals surface area contributed by atoms with Gasteiger partial charge in [0.1, 0.15) is 11.6 Å². The number of aryl methyl sites for hydroxylation is 1. The molecule has 0 spiro atoms. The van der Waals surface area contributed by atoms with Crippen LogP contribution in [0.2, 0.25) is 0 Å². The first-order valence-corrected chi connectivity index (χ1v) is 9.68. The van der Waals surface area contributed by atoms with Gasteiger partial charge >= 0.3 is 0 Å². The van der Waals surface area contributed by atoms with E-state index in [0.29, 0.717) is 18.2 Å². The lowest BCUT2D eigenvalue weighted by Gasteiger charge is -2.41. The highest BCUT2D eigenvalue weighted by Crippen LogP contribution is 2.26. The van der Waals surface area contributed by atoms with E-state index >= 15 is 0 Å². The molecule has 1 aliphatic heterocycles. The Bertz CT molecular complexity index is 754. The van der Waals surface area contributed by atoms with Crippen molar-refractivity contribution in [1.29, 1.82) is 0 Å². The molecule has 1 unspecified atom stereocenters. The van der Waals surface area contributed by atoms with E-state index in [0.717, 1.165) is 41.9 Å². The van der Waals surface area contributed by atoms with Crippen molar-refractivity contribution in [2.24, 2.45) is 0 Å². The SMILES string of the molecule is CSc1nc(C)c(C)c(N2CCN(Cc3ccncc3F)C(C)C2)n1. The van der Waals surface area contributed by atoms with E-state index in [1.165, 1.54) is 6.20 Å². The molecular formula is C18H24FN5S. The van der Waals surface area contributed by atoms with Crippen molar-refractivity contribution in [3.8, 4) is 0 Å². The van der Waals surface area contributed by atoms with Crippen LogP contribution in [0, 0.1) is 19.7 Å². The van der Waals surface area contributed by atoms with Crippen LogP contribution in [-0.4, -0.2) is 51.8 Å². The molecule has 134 valence electrons. The Balaban J connectivity index is 1.74. The van der Waals surface area contributed by atoms with Crippen molar-refractivity contribution in [3.05, 3.63) is 41.1 Å². The Morgan fingerprint density at radius 2 is 2.08 bits per heavy atom. The molecular weight excluding hydrogens is 337 g/mol. The van der Waals surface area contributed by atoms with Crippen molar-refractivity contribution in [1.82, 2.24) is 19.9 Å². The molecule has 0 aliphatic carbocycles. The van der Waals surface area contributed by atoms with Gasteiger partial charge in [-0.25, -0.2) is 14.4 Å². The number of halogens is 1. The lowest BCUT2D eigenvalue weighted by molar-refractivity contribution is 0.178. The van der Waals surface area contributed by atoms with Gasteiger partial charge in [-0.3, -0.25) is 9.88 Å². The largest absolute Gasteiger partial charge is 0.353 e. The molecule has 1 saturated heterocycles. The maximum atomic E-state index is 13.9. The Labute approximate surface area is 152 Å². The van der Waals surface area contributed by atoms with Crippen LogP contribution in [0.15, 0.2) is 23.6 Å². The normalized spacial score (nSPS) is 18.6. The molecule has 3 rings (SSSR count). The van der Waals surface area contributed by atoms with Crippen molar-refractivity contribution in [2.45, 2.75) is 38.5 Å². The average molecular weight is 361 g/mol. The molecule has 0 amide bonds. The zero-order chi connectivity index (χ0) is 18.0. The quantitative estimate of drug-likeness (QED) is 0.616. The van der Waals surface area contributed by atoms with Crippen LogP contribution in [0.25, 0.3) is 0 Å². The van der Waals surface area contributed by atoms with Gasteiger partial charge in [0.15, 0.2) is 5.16 Å². The lowest BCUT2D eigenvalue weighted by Crippen LogP contribution is -2.52. The van der Waals surface area contributed by atoms with Gasteiger partial charge in [0.25, 0.3) is 0 Å². The summed E-state index contributed by atoms with van der Waals surface area (Å²) in [5.41, 5.74) is 2.87. The third-order valence-corrected chi connectivity index (χ3v) is 5.37. The maximum absolute atomic E-state index is 13.9. The van der Waals surface area contributed by atoms with Crippen LogP contribution in [0.4, 0.5) is 10.2 Å². The number of pyridine rings is 1. The van der Waals surface area contributed by atoms with E-state index in [2.05, 4.69) is 33.6 Å². The zero-order valence-electron chi connectivity index (χ0n) is 15.2. The Morgan fingerprint density at radius 3 is 2.76 bits per heavy atom. The van der Waals surface area contributed by atoms with Crippen LogP contribution in [0.5, 0.6) is 0 Å². The molecule has 0 bridgehead atoms. The highest BCUT2D eigenvalue weighted by molar-refractivity contribution is 7.98. The standard InChI is InChI=1S/C18H24FN5S/c1-12-10-24(17-13(2)14(3)21-18(22-17)25-4)8-7-23(12)11-15-5-6-20-9-16(15)19/h5-6,9,12H,7-8,10-11H2,1-4H3. The summed E-state index contributed by atoms with van der Waals surface area (Å²) < 4.78 is 13.9. The molecule has 3 heterocycles. The molecule has 1 aliphatic rings. The number of rotatable bonds is 4. The molecule has 1 atom stereocenters. The molecule has 25 heavy (non-hydrogen) atoms. The number of thioether (sulfide) groups is 1. The number of hydrogen-bond acceptors (Lipinski definition) is 6. The van der Waals surface area contributed by atoms with Gasteiger partial charge < -0.3 is 4.90 Å². The van der Waals surface area contributed by atoms with Gasteiger partial charge in [0.05, 0.1) is 6.20 Å². The smallest absolute Gasteiger partial charge is 0.189 e. The van der Waals surface area contributed by atoms with E-state index in [9.17, 15) is 4.39 Å². The summed E-state index contributed by atoms with van der Waals surface area (Å²) in [7, 11) is 0. The summed E-state index contributed by atoms with van der Waals surface area (Å²) in [5, 5.41) is 0.812. The molecule has 2 aromatic rings. The first-order chi connectivity index (χ1) is 12.0. The molecule has 5 nitrogen and oxygen atoms in total. The summed E-state index contributed by atoms with van der Waals surface area (Å²) in [4.78, 5) is 17.7. The zero-order valence-corrected chi connectivity index (χ0v) is 16.0. The number of hydrogen-bond donors (Lipinski definition) is 0. The number of anilines is 1. The van der Waals surface area contributed by atoms with E-state index in [-0.39, 0.29) is 5.82 Å². The van der Waals surface area contributed by atoms with Crippen LogP contribution >= 0.6 is 11.8 Å². The summed E-state index contributed by atoms with van der Waals surface area (Å²) in [5.74, 6) is 0.794. The molecule has 0 N–H and O–H groups in total. The van der Waals surface area contributed by atoms with Crippen LogP contribution < -0.4 is 4.90 Å². The topological polar surface area (TPSA) is 45.2 Å². The third kappa shape index (κ3) is 3.93. The Hall–Kier alpha value is -1.73. The summed E-state index contributed by atoms with van der Waals surface area (Å²) in [6.45, 7) is 9.54. The lowest BCUT2D eigenvalue weighted by atomic mass is 10.1. The van der Waals surface area contributed by atoms with Crippen molar-refractivity contribution in [3.63, 3.8) is 0 Å². The van der Waals surface area contributed by atoms with E-state index < -0.39 is 0 Å². The average Bonchev–Trinajstić information content (AvgIpc) is 2.60. The summed E-state index contributed by atoms with van der Waals surface area (Å²) >= 11 is 1.57. The predicted molar refractivity (Wildman–Crippen MR) is 99.6 cm³/mol. The van der Waals surface area contributed by atoms with Gasteiger partial charge in [-0.05, 0) is 33.1 Å². The van der Waals surface area contributed by atoms with Crippen LogP contribution in [0.3, 0.4) is 0 Å². The first kappa shape index (κ1) is 18.1. The van der Waals surface area contributed by atoms with E-state index in [4.69, 9.17) is 4.98 Å². The van der Waals surface area contributed by atoms with Gasteiger partial charge in [0, 0.05) is 55.2 Å². The van der Waals surface area contributed by atoms with Gasteiger partial charge in [-0.15, -0.1) is 0 Å². The fourth-order valence-electron chi connectivity index (χ4n) is 3.16. The van der Waals surface area contributed by atoms with Crippen molar-refractivity contribution < 1.29 is 4.39 Å². The van der Waals surface area contributed by atoms with Crippen molar-refractivity contribution in [2.75, 3.05) is 30.8 Å². The van der Waals surface area contributed by atoms with Gasteiger partial charge in [0.2, 0.25) is 0 Å². The second-order valence-corrected chi connectivity index (χ2v) is 7.25. The first-order valence-electron chi connectivity index (χ1n) is 8.46. The second-order valence-electron chi connectivity index (χ2n) is 6.48. The maximum Gasteiger partial charge on any atom is 0.189 e. The highest BCUT2D eigenvalue weighted by Gasteiger charge is 2.26. The fourth-order valence-corrected chi connectivity index (χ4v) is 3.57. The van der Waals surface area contributed by atoms with Gasteiger partial charge in [-0.1, -0.05) is 11.8 Å².